The number of benzene rings is 1. The number of halogens is 2. The molecule has 1 heterocycles. The van der Waals surface area contributed by atoms with E-state index in [4.69, 9.17) is 10.6 Å². The molecule has 2 aromatic rings. The lowest BCUT2D eigenvalue weighted by atomic mass is 10.2. The number of nitrogens with one attached hydrogen (secondary N) is 1. The Morgan fingerprint density at radius 2 is 2.06 bits per heavy atom. The second-order valence-electron chi connectivity index (χ2n) is 3.50. The van der Waals surface area contributed by atoms with Gasteiger partial charge >= 0.3 is 0 Å². The molecule has 0 unspecified atom stereocenters. The Morgan fingerprint density at radius 1 is 1.28 bits per heavy atom. The second-order valence-corrected chi connectivity index (χ2v) is 5.21. The molecular weight excluding hydrogens is 364 g/mol. The topological polar surface area (TPSA) is 73.1 Å². The fraction of sp³-hybridized carbons (Fsp3) is 0.0909. The highest BCUT2D eigenvalue weighted by Crippen LogP contribution is 2.33. The lowest BCUT2D eigenvalue weighted by molar-refractivity contribution is 0.455. The summed E-state index contributed by atoms with van der Waals surface area (Å²) in [5.74, 6) is 6.93. The number of hydrazine groups is 1. The zero-order chi connectivity index (χ0) is 13.1. The number of rotatable bonds is 3. The third-order valence-corrected chi connectivity index (χ3v) is 3.45. The van der Waals surface area contributed by atoms with Crippen molar-refractivity contribution in [3.63, 3.8) is 0 Å². The Labute approximate surface area is 121 Å². The highest BCUT2D eigenvalue weighted by atomic mass is 79.9. The summed E-state index contributed by atoms with van der Waals surface area (Å²) in [6.45, 7) is 1.96. The molecule has 0 aliphatic carbocycles. The molecule has 2 rings (SSSR count). The molecule has 0 radical (unpaired) electrons. The molecule has 0 bridgehead atoms. The summed E-state index contributed by atoms with van der Waals surface area (Å²) in [7, 11) is 0. The number of ether oxygens (including phenoxy) is 1. The van der Waals surface area contributed by atoms with Crippen LogP contribution in [0.4, 0.5) is 5.82 Å². The fourth-order valence-corrected chi connectivity index (χ4v) is 2.23. The van der Waals surface area contributed by atoms with E-state index >= 15 is 0 Å². The van der Waals surface area contributed by atoms with E-state index in [1.54, 1.807) is 0 Å². The first-order chi connectivity index (χ1) is 8.61. The largest absolute Gasteiger partial charge is 0.437 e. The van der Waals surface area contributed by atoms with E-state index in [2.05, 4.69) is 47.3 Å². The third kappa shape index (κ3) is 2.80. The lowest BCUT2D eigenvalue weighted by Crippen LogP contribution is -2.10. The number of aryl methyl sites for hydroxylation is 1. The van der Waals surface area contributed by atoms with Gasteiger partial charge in [0.05, 0.1) is 0 Å². The van der Waals surface area contributed by atoms with Gasteiger partial charge in [0.1, 0.15) is 16.5 Å². The van der Waals surface area contributed by atoms with Crippen LogP contribution in [0.15, 0.2) is 33.5 Å². The second kappa shape index (κ2) is 5.64. The van der Waals surface area contributed by atoms with Crippen LogP contribution >= 0.6 is 31.9 Å². The van der Waals surface area contributed by atoms with Gasteiger partial charge in [-0.15, -0.1) is 0 Å². The number of nitrogens with zero attached hydrogens (tertiary/aromatic N) is 2. The first-order valence-corrected chi connectivity index (χ1v) is 6.61. The van der Waals surface area contributed by atoms with Crippen LogP contribution in [0, 0.1) is 6.92 Å². The van der Waals surface area contributed by atoms with Crippen LogP contribution in [0.2, 0.25) is 0 Å². The van der Waals surface area contributed by atoms with E-state index in [0.717, 1.165) is 15.8 Å². The average Bonchev–Trinajstić information content (AvgIpc) is 2.35. The fourth-order valence-electron chi connectivity index (χ4n) is 1.36. The van der Waals surface area contributed by atoms with Gasteiger partial charge in [-0.2, -0.15) is 0 Å². The summed E-state index contributed by atoms with van der Waals surface area (Å²) in [5, 5.41) is 0. The Morgan fingerprint density at radius 3 is 2.72 bits per heavy atom. The smallest absolute Gasteiger partial charge is 0.238 e. The van der Waals surface area contributed by atoms with Crippen LogP contribution in [0.5, 0.6) is 11.6 Å². The quantitative estimate of drug-likeness (QED) is 0.637. The maximum Gasteiger partial charge on any atom is 0.238 e. The summed E-state index contributed by atoms with van der Waals surface area (Å²) in [5.41, 5.74) is 3.46. The molecule has 94 valence electrons. The van der Waals surface area contributed by atoms with Crippen LogP contribution in [0.25, 0.3) is 0 Å². The number of nitrogen functional groups attached to an aromatic ring is 1. The Bertz CT molecular complexity index is 577. The van der Waals surface area contributed by atoms with Crippen molar-refractivity contribution in [1.29, 1.82) is 0 Å². The van der Waals surface area contributed by atoms with Gasteiger partial charge in [0.2, 0.25) is 5.88 Å². The van der Waals surface area contributed by atoms with Gasteiger partial charge in [-0.1, -0.05) is 15.9 Å². The highest BCUT2D eigenvalue weighted by molar-refractivity contribution is 9.11. The molecule has 0 saturated carbocycles. The van der Waals surface area contributed by atoms with Crippen molar-refractivity contribution >= 4 is 37.7 Å². The molecule has 0 aliphatic rings. The van der Waals surface area contributed by atoms with Gasteiger partial charge < -0.3 is 10.2 Å². The van der Waals surface area contributed by atoms with Crippen LogP contribution in [-0.4, -0.2) is 9.97 Å². The number of hydrogen-bond acceptors (Lipinski definition) is 5. The zero-order valence-electron chi connectivity index (χ0n) is 9.45. The summed E-state index contributed by atoms with van der Waals surface area (Å²) in [6, 6.07) is 5.73. The Balaban J connectivity index is 2.34. The van der Waals surface area contributed by atoms with Crippen molar-refractivity contribution in [2.24, 2.45) is 5.84 Å². The van der Waals surface area contributed by atoms with Crippen molar-refractivity contribution < 1.29 is 4.74 Å². The summed E-state index contributed by atoms with van der Waals surface area (Å²) >= 11 is 6.74. The minimum Gasteiger partial charge on any atom is -0.437 e. The van der Waals surface area contributed by atoms with E-state index in [0.29, 0.717) is 16.2 Å². The first kappa shape index (κ1) is 13.3. The Hall–Kier alpha value is -1.18. The molecule has 5 nitrogen and oxygen atoms in total. The van der Waals surface area contributed by atoms with Gasteiger partial charge in [-0.3, -0.25) is 0 Å². The predicted molar refractivity (Wildman–Crippen MR) is 76.5 cm³/mol. The Kier molecular flexibility index (Phi) is 4.15. The number of nitrogens with two attached hydrogens (primary N) is 1. The lowest BCUT2D eigenvalue weighted by Gasteiger charge is -2.10. The molecule has 1 aromatic carbocycles. The summed E-state index contributed by atoms with van der Waals surface area (Å²) in [4.78, 5) is 8.01. The first-order valence-electron chi connectivity index (χ1n) is 5.03. The summed E-state index contributed by atoms with van der Waals surface area (Å²) in [6.07, 6.45) is 1.38. The zero-order valence-corrected chi connectivity index (χ0v) is 12.6. The molecule has 0 fully saturated rings. The average molecular weight is 374 g/mol. The van der Waals surface area contributed by atoms with Crippen molar-refractivity contribution in [2.45, 2.75) is 6.92 Å². The number of aromatic nitrogens is 2. The molecule has 0 spiro atoms. The van der Waals surface area contributed by atoms with Crippen LogP contribution < -0.4 is 16.0 Å². The van der Waals surface area contributed by atoms with E-state index in [-0.39, 0.29) is 0 Å². The molecule has 0 amide bonds. The summed E-state index contributed by atoms with van der Waals surface area (Å²) < 4.78 is 7.30. The van der Waals surface area contributed by atoms with Crippen LogP contribution in [-0.2, 0) is 0 Å². The third-order valence-electron chi connectivity index (χ3n) is 2.24. The molecule has 18 heavy (non-hydrogen) atoms. The van der Waals surface area contributed by atoms with E-state index in [1.165, 1.54) is 6.33 Å². The molecule has 0 saturated heterocycles. The standard InChI is InChI=1S/C11H10Br2N4O/c1-6-4-7(12)2-3-8(6)18-11-9(13)10(17-14)15-5-16-11/h2-5H,14H2,1H3,(H,15,16,17). The van der Waals surface area contributed by atoms with Gasteiger partial charge in [0, 0.05) is 4.47 Å². The van der Waals surface area contributed by atoms with Gasteiger partial charge in [-0.05, 0) is 46.6 Å². The van der Waals surface area contributed by atoms with Gasteiger partial charge in [0.25, 0.3) is 0 Å². The predicted octanol–water partition coefficient (Wildman–Crippen LogP) is 3.39. The van der Waals surface area contributed by atoms with Crippen molar-refractivity contribution in [3.05, 3.63) is 39.0 Å². The minimum atomic E-state index is 0.406. The molecule has 0 atom stereocenters. The monoisotopic (exact) mass is 372 g/mol. The molecule has 0 aliphatic heterocycles. The van der Waals surface area contributed by atoms with E-state index in [1.807, 2.05) is 25.1 Å². The number of hydrogen-bond donors (Lipinski definition) is 2. The minimum absolute atomic E-state index is 0.406. The van der Waals surface area contributed by atoms with E-state index < -0.39 is 0 Å². The van der Waals surface area contributed by atoms with Gasteiger partial charge in [0.15, 0.2) is 5.82 Å². The molecule has 7 heteroatoms. The number of anilines is 1. The molecule has 3 N–H and O–H groups in total. The van der Waals surface area contributed by atoms with Crippen molar-refractivity contribution in [3.8, 4) is 11.6 Å². The van der Waals surface area contributed by atoms with Crippen molar-refractivity contribution in [1.82, 2.24) is 9.97 Å². The normalized spacial score (nSPS) is 10.2. The molecular formula is C11H10Br2N4O. The van der Waals surface area contributed by atoms with E-state index in [9.17, 15) is 0 Å². The maximum atomic E-state index is 5.72. The SMILES string of the molecule is Cc1cc(Br)ccc1Oc1ncnc(NN)c1Br. The van der Waals surface area contributed by atoms with Crippen LogP contribution in [0.3, 0.4) is 0 Å². The highest BCUT2D eigenvalue weighted by Gasteiger charge is 2.11. The molecule has 1 aromatic heterocycles. The van der Waals surface area contributed by atoms with Crippen LogP contribution in [0.1, 0.15) is 5.56 Å². The van der Waals surface area contributed by atoms with Crippen molar-refractivity contribution in [2.75, 3.05) is 5.43 Å². The maximum absolute atomic E-state index is 5.72. The van der Waals surface area contributed by atoms with Gasteiger partial charge in [-0.25, -0.2) is 15.8 Å².